The first-order valence-corrected chi connectivity index (χ1v) is 7.62. The van der Waals surface area contributed by atoms with Crippen LogP contribution in [0.2, 0.25) is 0 Å². The molecule has 6 nitrogen and oxygen atoms in total. The fourth-order valence-electron chi connectivity index (χ4n) is 1.45. The standard InChI is InChI=1S/C11H17N3O3S2/c1-3-17-7-8(2)14-19(15,16)9-5-4-6-13-10(9)11(12)18/h4-6,8,14H,3,7H2,1-2H3,(H2,12,18). The number of sulfonamides is 1. The number of aromatic nitrogens is 1. The zero-order valence-corrected chi connectivity index (χ0v) is 12.4. The highest BCUT2D eigenvalue weighted by molar-refractivity contribution is 7.89. The molecule has 8 heteroatoms. The lowest BCUT2D eigenvalue weighted by Gasteiger charge is -2.15. The average Bonchev–Trinajstić information content (AvgIpc) is 2.35. The molecule has 1 unspecified atom stereocenters. The summed E-state index contributed by atoms with van der Waals surface area (Å²) in [5.74, 6) is 0. The van der Waals surface area contributed by atoms with E-state index in [1.165, 1.54) is 18.3 Å². The van der Waals surface area contributed by atoms with Gasteiger partial charge in [0.2, 0.25) is 10.0 Å². The molecule has 0 bridgehead atoms. The summed E-state index contributed by atoms with van der Waals surface area (Å²) in [7, 11) is -3.73. The Kier molecular flexibility index (Phi) is 5.80. The molecule has 1 aromatic rings. The number of nitrogens with one attached hydrogen (secondary N) is 1. The molecule has 0 spiro atoms. The first kappa shape index (κ1) is 16.0. The third-order valence-electron chi connectivity index (χ3n) is 2.22. The van der Waals surface area contributed by atoms with Gasteiger partial charge in [-0.15, -0.1) is 0 Å². The molecular weight excluding hydrogens is 286 g/mol. The molecule has 0 radical (unpaired) electrons. The summed E-state index contributed by atoms with van der Waals surface area (Å²) >= 11 is 4.80. The van der Waals surface area contributed by atoms with Crippen molar-refractivity contribution in [1.29, 1.82) is 0 Å². The average molecular weight is 303 g/mol. The zero-order chi connectivity index (χ0) is 14.5. The van der Waals surface area contributed by atoms with Crippen molar-refractivity contribution < 1.29 is 13.2 Å². The van der Waals surface area contributed by atoms with Crippen molar-refractivity contribution in [2.75, 3.05) is 13.2 Å². The first-order valence-electron chi connectivity index (χ1n) is 5.73. The van der Waals surface area contributed by atoms with Gasteiger partial charge in [0.25, 0.3) is 0 Å². The van der Waals surface area contributed by atoms with Gasteiger partial charge in [0.15, 0.2) is 0 Å². The minimum absolute atomic E-state index is 0.0224. The van der Waals surface area contributed by atoms with E-state index in [1.54, 1.807) is 6.92 Å². The van der Waals surface area contributed by atoms with Gasteiger partial charge in [-0.25, -0.2) is 13.1 Å². The van der Waals surface area contributed by atoms with Crippen LogP contribution in [0, 0.1) is 0 Å². The maximum atomic E-state index is 12.2. The summed E-state index contributed by atoms with van der Waals surface area (Å²) in [4.78, 5) is 3.82. The second kappa shape index (κ2) is 6.90. The van der Waals surface area contributed by atoms with Crippen molar-refractivity contribution in [3.63, 3.8) is 0 Å². The number of ether oxygens (including phenoxy) is 1. The highest BCUT2D eigenvalue weighted by Crippen LogP contribution is 2.13. The Balaban J connectivity index is 2.98. The minimum Gasteiger partial charge on any atom is -0.388 e. The van der Waals surface area contributed by atoms with Gasteiger partial charge in [0.1, 0.15) is 15.6 Å². The van der Waals surface area contributed by atoms with Crippen LogP contribution in [0.1, 0.15) is 19.5 Å². The van der Waals surface area contributed by atoms with Crippen LogP contribution in [0.5, 0.6) is 0 Å². The summed E-state index contributed by atoms with van der Waals surface area (Å²) in [6, 6.07) is 2.57. The summed E-state index contributed by atoms with van der Waals surface area (Å²) in [6.07, 6.45) is 1.44. The van der Waals surface area contributed by atoms with Gasteiger partial charge >= 0.3 is 0 Å². The number of hydrogen-bond acceptors (Lipinski definition) is 5. The minimum atomic E-state index is -3.73. The number of pyridine rings is 1. The predicted molar refractivity (Wildman–Crippen MR) is 76.4 cm³/mol. The molecule has 0 saturated carbocycles. The van der Waals surface area contributed by atoms with Crippen LogP contribution in [0.15, 0.2) is 23.2 Å². The smallest absolute Gasteiger partial charge is 0.243 e. The number of hydrogen-bond donors (Lipinski definition) is 2. The fourth-order valence-corrected chi connectivity index (χ4v) is 3.08. The van der Waals surface area contributed by atoms with Crippen molar-refractivity contribution in [2.24, 2.45) is 5.73 Å². The summed E-state index contributed by atoms with van der Waals surface area (Å²) in [5.41, 5.74) is 5.57. The van der Waals surface area contributed by atoms with E-state index >= 15 is 0 Å². The zero-order valence-electron chi connectivity index (χ0n) is 10.8. The van der Waals surface area contributed by atoms with Gasteiger partial charge in [0.05, 0.1) is 6.61 Å². The van der Waals surface area contributed by atoms with Crippen LogP contribution in [-0.4, -0.2) is 37.6 Å². The molecule has 0 aliphatic heterocycles. The largest absolute Gasteiger partial charge is 0.388 e. The van der Waals surface area contributed by atoms with Crippen molar-refractivity contribution in [3.05, 3.63) is 24.0 Å². The van der Waals surface area contributed by atoms with Gasteiger partial charge in [-0.2, -0.15) is 0 Å². The van der Waals surface area contributed by atoms with Gasteiger partial charge in [0, 0.05) is 18.8 Å². The molecule has 0 aromatic carbocycles. The van der Waals surface area contributed by atoms with E-state index in [2.05, 4.69) is 9.71 Å². The van der Waals surface area contributed by atoms with Crippen LogP contribution >= 0.6 is 12.2 Å². The maximum absolute atomic E-state index is 12.2. The highest BCUT2D eigenvalue weighted by atomic mass is 32.2. The first-order chi connectivity index (χ1) is 8.88. The van der Waals surface area contributed by atoms with E-state index in [0.717, 1.165) is 0 Å². The second-order valence-corrected chi connectivity index (χ2v) is 6.02. The molecule has 1 heterocycles. The van der Waals surface area contributed by atoms with Crippen molar-refractivity contribution >= 4 is 27.2 Å². The van der Waals surface area contributed by atoms with E-state index in [0.29, 0.717) is 13.2 Å². The highest BCUT2D eigenvalue weighted by Gasteiger charge is 2.22. The number of thiocarbonyl (C=S) groups is 1. The van der Waals surface area contributed by atoms with Crippen LogP contribution in [0.3, 0.4) is 0 Å². The van der Waals surface area contributed by atoms with Gasteiger partial charge in [-0.3, -0.25) is 4.98 Å². The molecule has 106 valence electrons. The monoisotopic (exact) mass is 303 g/mol. The van der Waals surface area contributed by atoms with E-state index in [-0.39, 0.29) is 21.6 Å². The van der Waals surface area contributed by atoms with Crippen molar-refractivity contribution in [2.45, 2.75) is 24.8 Å². The molecule has 3 N–H and O–H groups in total. The quantitative estimate of drug-likeness (QED) is 0.709. The summed E-state index contributed by atoms with van der Waals surface area (Å²) < 4.78 is 32.1. The normalized spacial score (nSPS) is 13.2. The molecule has 0 aliphatic carbocycles. The molecule has 1 rings (SSSR count). The Morgan fingerprint density at radius 2 is 2.32 bits per heavy atom. The van der Waals surface area contributed by atoms with E-state index < -0.39 is 10.0 Å². The lowest BCUT2D eigenvalue weighted by molar-refractivity contribution is 0.133. The van der Waals surface area contributed by atoms with Gasteiger partial charge < -0.3 is 10.5 Å². The lowest BCUT2D eigenvalue weighted by Crippen LogP contribution is -2.37. The van der Waals surface area contributed by atoms with Crippen LogP contribution < -0.4 is 10.5 Å². The summed E-state index contributed by atoms with van der Waals surface area (Å²) in [5, 5.41) is 0. The Labute approximate surface area is 118 Å². The Morgan fingerprint density at radius 3 is 2.89 bits per heavy atom. The number of nitrogens with two attached hydrogens (primary N) is 1. The molecule has 19 heavy (non-hydrogen) atoms. The molecule has 0 saturated heterocycles. The summed E-state index contributed by atoms with van der Waals surface area (Å²) in [6.45, 7) is 4.37. The maximum Gasteiger partial charge on any atom is 0.243 e. The van der Waals surface area contributed by atoms with Crippen molar-refractivity contribution in [3.8, 4) is 0 Å². The fraction of sp³-hybridized carbons (Fsp3) is 0.455. The topological polar surface area (TPSA) is 94.3 Å². The molecule has 0 aliphatic rings. The predicted octanol–water partition coefficient (Wildman–Crippen LogP) is 0.419. The molecule has 0 fully saturated rings. The number of nitrogens with zero attached hydrogens (tertiary/aromatic N) is 1. The lowest BCUT2D eigenvalue weighted by atomic mass is 10.3. The Hall–Kier alpha value is -1.09. The second-order valence-electron chi connectivity index (χ2n) is 3.90. The van der Waals surface area contributed by atoms with Crippen molar-refractivity contribution in [1.82, 2.24) is 9.71 Å². The molecule has 0 amide bonds. The van der Waals surface area contributed by atoms with Gasteiger partial charge in [-0.1, -0.05) is 12.2 Å². The number of rotatable bonds is 7. The third kappa shape index (κ3) is 4.50. The van der Waals surface area contributed by atoms with Crippen LogP contribution in [-0.2, 0) is 14.8 Å². The van der Waals surface area contributed by atoms with E-state index in [1.807, 2.05) is 6.92 Å². The molecule has 1 atom stereocenters. The molecule has 1 aromatic heterocycles. The SMILES string of the molecule is CCOCC(C)NS(=O)(=O)c1cccnc1C(N)=S. The van der Waals surface area contributed by atoms with Crippen LogP contribution in [0.4, 0.5) is 0 Å². The Morgan fingerprint density at radius 1 is 1.63 bits per heavy atom. The van der Waals surface area contributed by atoms with E-state index in [4.69, 9.17) is 22.7 Å². The third-order valence-corrected chi connectivity index (χ3v) is 4.04. The molecular formula is C11H17N3O3S2. The van der Waals surface area contributed by atoms with E-state index in [9.17, 15) is 8.42 Å². The van der Waals surface area contributed by atoms with Gasteiger partial charge in [-0.05, 0) is 26.0 Å². The van der Waals surface area contributed by atoms with Crippen LogP contribution in [0.25, 0.3) is 0 Å². The Bertz CT molecular complexity index is 546.